The van der Waals surface area contributed by atoms with E-state index in [1.165, 1.54) is 0 Å². The van der Waals surface area contributed by atoms with Gasteiger partial charge < -0.3 is 0 Å². The molecule has 1 rings (SSSR count). The molecule has 0 aromatic heterocycles. The third-order valence-corrected chi connectivity index (χ3v) is 2.10. The number of nitriles is 1. The summed E-state index contributed by atoms with van der Waals surface area (Å²) in [5.41, 5.74) is 1.33. The predicted octanol–water partition coefficient (Wildman–Crippen LogP) is 2.72. The molecule has 0 bridgehead atoms. The van der Waals surface area contributed by atoms with Gasteiger partial charge in [0.25, 0.3) is 0 Å². The number of hydrogen-bond donors (Lipinski definition) is 0. The van der Waals surface area contributed by atoms with Gasteiger partial charge in [-0.2, -0.15) is 5.26 Å². The summed E-state index contributed by atoms with van der Waals surface area (Å²) in [6, 6.07) is 8.67. The summed E-state index contributed by atoms with van der Waals surface area (Å²) < 4.78 is 0. The molecule has 1 atom stereocenters. The van der Waals surface area contributed by atoms with Crippen molar-refractivity contribution in [3.63, 3.8) is 0 Å². The molecule has 0 radical (unpaired) electrons. The van der Waals surface area contributed by atoms with Crippen LogP contribution < -0.4 is 0 Å². The SMILES string of the molecule is N#Cc1ccc(C(Br)N=O)cc1. The van der Waals surface area contributed by atoms with E-state index in [0.29, 0.717) is 5.56 Å². The molecule has 0 N–H and O–H groups in total. The summed E-state index contributed by atoms with van der Waals surface area (Å²) in [7, 11) is 0. The molecule has 0 saturated heterocycles. The van der Waals surface area contributed by atoms with Gasteiger partial charge in [0.15, 0.2) is 4.95 Å². The topological polar surface area (TPSA) is 53.2 Å². The average molecular weight is 225 g/mol. The first kappa shape index (κ1) is 8.88. The van der Waals surface area contributed by atoms with E-state index >= 15 is 0 Å². The van der Waals surface area contributed by atoms with Gasteiger partial charge in [0, 0.05) is 0 Å². The van der Waals surface area contributed by atoms with Gasteiger partial charge in [-0.25, -0.2) is 0 Å². The predicted molar refractivity (Wildman–Crippen MR) is 48.6 cm³/mol. The van der Waals surface area contributed by atoms with Crippen LogP contribution in [0.3, 0.4) is 0 Å². The summed E-state index contributed by atoms with van der Waals surface area (Å²) in [5, 5.41) is 11.3. The first-order valence-corrected chi connectivity index (χ1v) is 4.16. The minimum absolute atomic E-state index is 0.523. The zero-order chi connectivity index (χ0) is 8.97. The van der Waals surface area contributed by atoms with Crippen LogP contribution in [0.5, 0.6) is 0 Å². The Labute approximate surface area is 78.1 Å². The first-order valence-electron chi connectivity index (χ1n) is 3.24. The summed E-state index contributed by atoms with van der Waals surface area (Å²) in [6.07, 6.45) is 0. The minimum atomic E-state index is -0.523. The Hall–Kier alpha value is -1.21. The maximum Gasteiger partial charge on any atom is 0.171 e. The van der Waals surface area contributed by atoms with Crippen LogP contribution in [0.25, 0.3) is 0 Å². The van der Waals surface area contributed by atoms with Crippen molar-refractivity contribution in [3.05, 3.63) is 40.3 Å². The number of nitroso groups, excluding NO2 is 1. The fourth-order valence-electron chi connectivity index (χ4n) is 0.777. The molecule has 3 nitrogen and oxygen atoms in total. The third-order valence-electron chi connectivity index (χ3n) is 1.41. The normalized spacial score (nSPS) is 11.7. The van der Waals surface area contributed by atoms with E-state index in [9.17, 15) is 4.91 Å². The molecule has 0 spiro atoms. The largest absolute Gasteiger partial charge is 0.192 e. The van der Waals surface area contributed by atoms with E-state index in [-0.39, 0.29) is 0 Å². The molecule has 0 heterocycles. The van der Waals surface area contributed by atoms with Gasteiger partial charge in [-0.1, -0.05) is 28.1 Å². The fourth-order valence-corrected chi connectivity index (χ4v) is 1.08. The summed E-state index contributed by atoms with van der Waals surface area (Å²) in [4.78, 5) is 9.57. The summed E-state index contributed by atoms with van der Waals surface area (Å²) in [5.74, 6) is 0. The van der Waals surface area contributed by atoms with Crippen molar-refractivity contribution in [2.45, 2.75) is 4.95 Å². The highest BCUT2D eigenvalue weighted by Crippen LogP contribution is 2.23. The second-order valence-electron chi connectivity index (χ2n) is 2.18. The molecule has 0 amide bonds. The van der Waals surface area contributed by atoms with Gasteiger partial charge in [-0.3, -0.25) is 0 Å². The molecular weight excluding hydrogens is 220 g/mol. The molecule has 1 unspecified atom stereocenters. The van der Waals surface area contributed by atoms with Crippen molar-refractivity contribution in [2.24, 2.45) is 5.18 Å². The quantitative estimate of drug-likeness (QED) is 0.441. The molecule has 1 aromatic rings. The maximum atomic E-state index is 10.1. The highest BCUT2D eigenvalue weighted by atomic mass is 79.9. The van der Waals surface area contributed by atoms with Crippen molar-refractivity contribution in [3.8, 4) is 6.07 Å². The Morgan fingerprint density at radius 2 is 2.00 bits per heavy atom. The molecule has 0 aliphatic rings. The number of alkyl halides is 1. The molecule has 4 heteroatoms. The third kappa shape index (κ3) is 1.89. The van der Waals surface area contributed by atoms with E-state index in [1.54, 1.807) is 24.3 Å². The van der Waals surface area contributed by atoms with Gasteiger partial charge >= 0.3 is 0 Å². The lowest BCUT2D eigenvalue weighted by Crippen LogP contribution is -1.84. The Morgan fingerprint density at radius 1 is 1.42 bits per heavy atom. The van der Waals surface area contributed by atoms with Crippen LogP contribution in [-0.2, 0) is 0 Å². The number of hydrogen-bond acceptors (Lipinski definition) is 3. The van der Waals surface area contributed by atoms with Crippen LogP contribution in [0.2, 0.25) is 0 Å². The Kier molecular flexibility index (Phi) is 2.94. The summed E-state index contributed by atoms with van der Waals surface area (Å²) >= 11 is 3.07. The summed E-state index contributed by atoms with van der Waals surface area (Å²) in [6.45, 7) is 0. The average Bonchev–Trinajstić information content (AvgIpc) is 2.17. The van der Waals surface area contributed by atoms with Gasteiger partial charge in [0.05, 0.1) is 11.6 Å². The van der Waals surface area contributed by atoms with Crippen molar-refractivity contribution in [1.82, 2.24) is 0 Å². The molecule has 12 heavy (non-hydrogen) atoms. The standard InChI is InChI=1S/C8H5BrN2O/c9-8(11-12)7-3-1-6(5-10)2-4-7/h1-4,8H. The number of rotatable bonds is 2. The van der Waals surface area contributed by atoms with E-state index in [2.05, 4.69) is 21.1 Å². The van der Waals surface area contributed by atoms with E-state index in [4.69, 9.17) is 5.26 Å². The first-order chi connectivity index (χ1) is 5.77. The van der Waals surface area contributed by atoms with Crippen LogP contribution in [0.1, 0.15) is 16.1 Å². The Balaban J connectivity index is 2.93. The highest BCUT2D eigenvalue weighted by Gasteiger charge is 2.05. The minimum Gasteiger partial charge on any atom is -0.192 e. The molecule has 60 valence electrons. The number of benzene rings is 1. The second-order valence-corrected chi connectivity index (χ2v) is 3.04. The van der Waals surface area contributed by atoms with Crippen LogP contribution >= 0.6 is 15.9 Å². The van der Waals surface area contributed by atoms with E-state index in [0.717, 1.165) is 5.56 Å². The number of nitrogens with zero attached hydrogens (tertiary/aromatic N) is 2. The van der Waals surface area contributed by atoms with Gasteiger partial charge in [0.2, 0.25) is 0 Å². The lowest BCUT2D eigenvalue weighted by Gasteiger charge is -1.99. The van der Waals surface area contributed by atoms with E-state index in [1.807, 2.05) is 6.07 Å². The molecule has 0 saturated carbocycles. The Bertz CT molecular complexity index is 315. The van der Waals surface area contributed by atoms with Crippen LogP contribution in [0.4, 0.5) is 0 Å². The molecule has 1 aromatic carbocycles. The zero-order valence-electron chi connectivity index (χ0n) is 6.07. The molecule has 0 aliphatic carbocycles. The van der Waals surface area contributed by atoms with E-state index < -0.39 is 4.95 Å². The van der Waals surface area contributed by atoms with Crippen molar-refractivity contribution in [2.75, 3.05) is 0 Å². The highest BCUT2D eigenvalue weighted by molar-refractivity contribution is 9.09. The zero-order valence-corrected chi connectivity index (χ0v) is 7.65. The van der Waals surface area contributed by atoms with Crippen molar-refractivity contribution in [1.29, 1.82) is 5.26 Å². The van der Waals surface area contributed by atoms with Crippen molar-refractivity contribution < 1.29 is 0 Å². The smallest absolute Gasteiger partial charge is 0.171 e. The maximum absolute atomic E-state index is 10.1. The monoisotopic (exact) mass is 224 g/mol. The lowest BCUT2D eigenvalue weighted by atomic mass is 10.1. The van der Waals surface area contributed by atoms with Gasteiger partial charge in [0.1, 0.15) is 0 Å². The Morgan fingerprint density at radius 3 is 2.42 bits per heavy atom. The van der Waals surface area contributed by atoms with Crippen molar-refractivity contribution >= 4 is 15.9 Å². The second kappa shape index (κ2) is 3.98. The van der Waals surface area contributed by atoms with Crippen LogP contribution in [0.15, 0.2) is 29.4 Å². The van der Waals surface area contributed by atoms with Crippen LogP contribution in [0, 0.1) is 16.2 Å². The molecular formula is C8H5BrN2O. The van der Waals surface area contributed by atoms with Crippen LogP contribution in [-0.4, -0.2) is 0 Å². The fraction of sp³-hybridized carbons (Fsp3) is 0.125. The van der Waals surface area contributed by atoms with Gasteiger partial charge in [-0.15, -0.1) is 4.91 Å². The molecule has 0 aliphatic heterocycles. The van der Waals surface area contributed by atoms with Gasteiger partial charge in [-0.05, 0) is 22.9 Å². The lowest BCUT2D eigenvalue weighted by molar-refractivity contribution is 1.04. The number of halogens is 1. The molecule has 0 fully saturated rings.